The van der Waals surface area contributed by atoms with Gasteiger partial charge in [-0.05, 0) is 53.8 Å². The molecule has 1 fully saturated rings. The van der Waals surface area contributed by atoms with Gasteiger partial charge in [0.15, 0.2) is 22.6 Å². The lowest BCUT2D eigenvalue weighted by molar-refractivity contribution is -0.147. The van der Waals surface area contributed by atoms with E-state index in [1.54, 1.807) is 48.7 Å². The summed E-state index contributed by atoms with van der Waals surface area (Å²) in [5.74, 6) is -2.06. The van der Waals surface area contributed by atoms with E-state index in [1.165, 1.54) is 38.4 Å². The first kappa shape index (κ1) is 30.7. The zero-order valence-electron chi connectivity index (χ0n) is 24.2. The molecule has 3 aromatic carbocycles. The number of fused-ring (bicyclic) bond motifs is 1. The molecule has 1 saturated heterocycles. The van der Waals surface area contributed by atoms with Gasteiger partial charge in [-0.2, -0.15) is 0 Å². The summed E-state index contributed by atoms with van der Waals surface area (Å²) in [6.45, 7) is 0.0999. The molecule has 0 bridgehead atoms. The molecular formula is C31H31FN4O7S. The molecule has 4 N–H and O–H groups in total. The van der Waals surface area contributed by atoms with Crippen molar-refractivity contribution < 1.29 is 37.0 Å². The van der Waals surface area contributed by atoms with E-state index in [-0.39, 0.29) is 34.9 Å². The van der Waals surface area contributed by atoms with Crippen molar-refractivity contribution in [3.8, 4) is 11.5 Å². The molecule has 1 unspecified atom stereocenters. The minimum atomic E-state index is -2.41. The highest BCUT2D eigenvalue weighted by molar-refractivity contribution is 7.79. The summed E-state index contributed by atoms with van der Waals surface area (Å²) < 4.78 is 53.9. The number of carbonyl (C=O) groups excluding carboxylic acids is 2. The minimum Gasteiger partial charge on any atom is -0.493 e. The summed E-state index contributed by atoms with van der Waals surface area (Å²) in [7, 11) is 4.01. The van der Waals surface area contributed by atoms with E-state index in [9.17, 15) is 18.4 Å². The highest BCUT2D eigenvalue weighted by atomic mass is 32.2. The first-order valence-corrected chi connectivity index (χ1v) is 14.7. The summed E-state index contributed by atoms with van der Waals surface area (Å²) in [5, 5.41) is 4.61. The van der Waals surface area contributed by atoms with Crippen LogP contribution in [0.5, 0.6) is 11.5 Å². The van der Waals surface area contributed by atoms with Crippen LogP contribution in [-0.4, -0.2) is 58.4 Å². The van der Waals surface area contributed by atoms with Gasteiger partial charge in [0.2, 0.25) is 5.91 Å². The van der Waals surface area contributed by atoms with Crippen LogP contribution in [0.25, 0.3) is 10.8 Å². The fourth-order valence-electron chi connectivity index (χ4n) is 5.69. The third kappa shape index (κ3) is 5.75. The smallest absolute Gasteiger partial charge is 0.311 e. The molecule has 0 saturated carbocycles. The van der Waals surface area contributed by atoms with Crippen LogP contribution < -0.4 is 20.5 Å². The van der Waals surface area contributed by atoms with Crippen molar-refractivity contribution in [2.75, 3.05) is 38.9 Å². The molecule has 2 heterocycles. The van der Waals surface area contributed by atoms with Crippen molar-refractivity contribution in [3.05, 3.63) is 83.8 Å². The van der Waals surface area contributed by atoms with Gasteiger partial charge in [0.05, 0.1) is 38.2 Å². The third-order valence-electron chi connectivity index (χ3n) is 7.78. The van der Waals surface area contributed by atoms with Gasteiger partial charge in [0.25, 0.3) is 0 Å². The van der Waals surface area contributed by atoms with Crippen LogP contribution in [0.15, 0.2) is 71.8 Å². The van der Waals surface area contributed by atoms with E-state index in [4.69, 9.17) is 19.9 Å². The van der Waals surface area contributed by atoms with Crippen LogP contribution in [0, 0.1) is 11.7 Å². The molecule has 0 spiro atoms. The topological polar surface area (TPSA) is 153 Å². The summed E-state index contributed by atoms with van der Waals surface area (Å²) in [6, 6.07) is 13.5. The van der Waals surface area contributed by atoms with Crippen molar-refractivity contribution in [1.29, 1.82) is 0 Å². The first-order chi connectivity index (χ1) is 21.2. The average molecular weight is 623 g/mol. The average Bonchev–Trinajstić information content (AvgIpc) is 3.48. The number of nitrogens with two attached hydrogens (primary N) is 1. The molecule has 1 aliphatic rings. The van der Waals surface area contributed by atoms with Crippen LogP contribution in [-0.2, 0) is 25.4 Å². The van der Waals surface area contributed by atoms with Crippen molar-refractivity contribution in [2.24, 2.45) is 5.92 Å². The number of hydrogen-bond acceptors (Lipinski definition) is 9. The number of benzene rings is 3. The highest BCUT2D eigenvalue weighted by Gasteiger charge is 2.46. The normalized spacial score (nSPS) is 17.6. The lowest BCUT2D eigenvalue weighted by Crippen LogP contribution is -2.40. The summed E-state index contributed by atoms with van der Waals surface area (Å²) >= 11 is -2.41. The number of nitrogens with one attached hydrogen (secondary N) is 1. The number of hydrogen-bond donors (Lipinski definition) is 3. The Morgan fingerprint density at radius 3 is 2.52 bits per heavy atom. The largest absolute Gasteiger partial charge is 0.493 e. The van der Waals surface area contributed by atoms with E-state index >= 15 is 4.39 Å². The van der Waals surface area contributed by atoms with Crippen molar-refractivity contribution in [3.63, 3.8) is 0 Å². The van der Waals surface area contributed by atoms with Gasteiger partial charge >= 0.3 is 5.97 Å². The van der Waals surface area contributed by atoms with Crippen LogP contribution >= 0.6 is 0 Å². The number of likely N-dealkylation sites (tertiary alicyclic amines) is 1. The van der Waals surface area contributed by atoms with E-state index < -0.39 is 46.8 Å². The second kappa shape index (κ2) is 12.9. The molecule has 4 aromatic rings. The number of rotatable bonds is 9. The Balaban J connectivity index is 1.64. The molecule has 13 heteroatoms. The lowest BCUT2D eigenvalue weighted by atomic mass is 9.93. The fourth-order valence-corrected chi connectivity index (χ4v) is 6.28. The molecule has 230 valence electrons. The summed E-state index contributed by atoms with van der Waals surface area (Å²) in [4.78, 5) is 33.1. The Hall–Kier alpha value is -4.75. The number of ether oxygens (including phenoxy) is 3. The predicted octanol–water partition coefficient (Wildman–Crippen LogP) is 4.47. The number of aromatic nitrogens is 1. The Morgan fingerprint density at radius 1 is 1.09 bits per heavy atom. The molecule has 11 nitrogen and oxygen atoms in total. The second-order valence-electron chi connectivity index (χ2n) is 10.1. The monoisotopic (exact) mass is 622 g/mol. The maximum absolute atomic E-state index is 15.8. The van der Waals surface area contributed by atoms with Gasteiger partial charge < -0.3 is 34.7 Å². The highest BCUT2D eigenvalue weighted by Crippen LogP contribution is 2.43. The number of anilines is 2. The number of halogens is 1. The molecule has 0 radical (unpaired) electrons. The number of nitrogens with zero attached hydrogens (tertiary/aromatic N) is 2. The van der Waals surface area contributed by atoms with E-state index in [1.807, 2.05) is 0 Å². The zero-order valence-corrected chi connectivity index (χ0v) is 25.0. The molecular weight excluding hydrogens is 591 g/mol. The van der Waals surface area contributed by atoms with Gasteiger partial charge in [-0.3, -0.25) is 9.59 Å². The molecule has 0 aliphatic carbocycles. The summed E-state index contributed by atoms with van der Waals surface area (Å²) in [6.07, 6.45) is 1.78. The van der Waals surface area contributed by atoms with Crippen molar-refractivity contribution >= 4 is 45.2 Å². The Kier molecular flexibility index (Phi) is 8.97. The molecule has 1 aliphatic heterocycles. The predicted molar refractivity (Wildman–Crippen MR) is 162 cm³/mol. The Morgan fingerprint density at radius 2 is 1.82 bits per heavy atom. The molecule has 44 heavy (non-hydrogen) atoms. The maximum atomic E-state index is 15.8. The van der Waals surface area contributed by atoms with Crippen LogP contribution in [0.2, 0.25) is 0 Å². The number of methoxy groups -OCH3 is 3. The van der Waals surface area contributed by atoms with Crippen LogP contribution in [0.1, 0.15) is 29.6 Å². The Labute approximate surface area is 255 Å². The first-order valence-electron chi connectivity index (χ1n) is 13.6. The van der Waals surface area contributed by atoms with Gasteiger partial charge in [-0.25, -0.2) is 13.6 Å². The van der Waals surface area contributed by atoms with Crippen molar-refractivity contribution in [1.82, 2.24) is 9.88 Å². The number of amides is 1. The SMILES string of the molecule is COC(=O)[C@H]1CCN(C(=O)[C@H](Nc2ccc3c(N)nccc3c2)c2cc(OC)c(OC)cc2F)[C@H]1c1ccccc1S(=O)O. The van der Waals surface area contributed by atoms with Gasteiger partial charge in [-0.15, -0.1) is 0 Å². The lowest BCUT2D eigenvalue weighted by Gasteiger charge is -2.32. The molecule has 4 atom stereocenters. The zero-order chi connectivity index (χ0) is 31.5. The summed E-state index contributed by atoms with van der Waals surface area (Å²) in [5.41, 5.74) is 6.77. The molecule has 1 amide bonds. The molecule has 1 aromatic heterocycles. The third-order valence-corrected chi connectivity index (χ3v) is 8.53. The number of nitrogen functional groups attached to an aromatic ring is 1. The van der Waals surface area contributed by atoms with Gasteiger partial charge in [0, 0.05) is 35.4 Å². The quantitative estimate of drug-likeness (QED) is 0.180. The standard InChI is InChI=1S/C31H31FN4O7S/c1-41-24-15-22(23(32)16-25(24)42-2)27(35-18-8-9-19-17(14-18)10-12-34-29(19)33)30(37)36-13-11-21(31(38)43-3)28(36)20-6-4-5-7-26(20)44(39)40/h4-10,12,14-16,21,27-28,35H,11,13H2,1-3H3,(H2,33,34)(H,39,40)/t21-,27+,28-/m0/s1. The van der Waals surface area contributed by atoms with Gasteiger partial charge in [-0.1, -0.05) is 18.2 Å². The number of carbonyl (C=O) groups is 2. The van der Waals surface area contributed by atoms with Crippen LogP contribution in [0.3, 0.4) is 0 Å². The van der Waals surface area contributed by atoms with Crippen LogP contribution in [0.4, 0.5) is 15.9 Å². The molecule has 5 rings (SSSR count). The van der Waals surface area contributed by atoms with E-state index in [0.717, 1.165) is 11.5 Å². The number of esters is 1. The fraction of sp³-hybridized carbons (Fsp3) is 0.258. The maximum Gasteiger partial charge on any atom is 0.311 e. The van der Waals surface area contributed by atoms with Crippen molar-refractivity contribution in [2.45, 2.75) is 23.4 Å². The minimum absolute atomic E-state index is 0.0405. The number of pyridine rings is 1. The Bertz CT molecular complexity index is 1750. The van der Waals surface area contributed by atoms with E-state index in [0.29, 0.717) is 22.5 Å². The van der Waals surface area contributed by atoms with E-state index in [2.05, 4.69) is 10.3 Å². The van der Waals surface area contributed by atoms with Gasteiger partial charge in [0.1, 0.15) is 17.7 Å². The second-order valence-corrected chi connectivity index (χ2v) is 11.1.